The molecule has 2 rings (SSSR count). The summed E-state index contributed by atoms with van der Waals surface area (Å²) in [6, 6.07) is 0. The van der Waals surface area contributed by atoms with Crippen molar-refractivity contribution in [3.63, 3.8) is 0 Å². The van der Waals surface area contributed by atoms with Gasteiger partial charge < -0.3 is 4.74 Å². The van der Waals surface area contributed by atoms with Crippen LogP contribution in [0.2, 0.25) is 0 Å². The summed E-state index contributed by atoms with van der Waals surface area (Å²) in [5, 5.41) is 0. The molecule has 2 aliphatic rings. The summed E-state index contributed by atoms with van der Waals surface area (Å²) in [5.74, 6) is 0. The number of hydrogen-bond donors (Lipinski definition) is 0. The average molecular weight is 275 g/mol. The molecular formula is C13H23BrO. The highest BCUT2D eigenvalue weighted by Crippen LogP contribution is 2.47. The van der Waals surface area contributed by atoms with Gasteiger partial charge in [0.1, 0.15) is 0 Å². The summed E-state index contributed by atoms with van der Waals surface area (Å²) >= 11 is 3.74. The quantitative estimate of drug-likeness (QED) is 0.683. The van der Waals surface area contributed by atoms with Crippen LogP contribution < -0.4 is 0 Å². The zero-order valence-corrected chi connectivity index (χ0v) is 11.8. The van der Waals surface area contributed by atoms with Crippen LogP contribution in [0.4, 0.5) is 0 Å². The van der Waals surface area contributed by atoms with Crippen LogP contribution in [-0.4, -0.2) is 16.5 Å². The maximum atomic E-state index is 6.10. The number of hydrogen-bond acceptors (Lipinski definition) is 1. The fourth-order valence-electron chi connectivity index (χ4n) is 3.20. The summed E-state index contributed by atoms with van der Waals surface area (Å²) in [5.41, 5.74) is 0.659. The van der Waals surface area contributed by atoms with E-state index in [0.717, 1.165) is 4.83 Å². The SMILES string of the molecule is CC1(CC2CCC(C)(C)O2)CCC(Br)C1. The second-order valence-corrected chi connectivity index (χ2v) is 7.69. The molecule has 0 amide bonds. The van der Waals surface area contributed by atoms with E-state index in [1.165, 1.54) is 38.5 Å². The second kappa shape index (κ2) is 4.03. The van der Waals surface area contributed by atoms with E-state index in [1.54, 1.807) is 0 Å². The topological polar surface area (TPSA) is 9.23 Å². The zero-order chi connectivity index (χ0) is 11.1. The molecular weight excluding hydrogens is 252 g/mol. The minimum absolute atomic E-state index is 0.132. The summed E-state index contributed by atoms with van der Waals surface area (Å²) in [7, 11) is 0. The molecule has 1 saturated carbocycles. The molecule has 0 radical (unpaired) electrons. The minimum Gasteiger partial charge on any atom is -0.372 e. The molecule has 0 aromatic carbocycles. The third-order valence-corrected chi connectivity index (χ3v) is 4.83. The molecule has 3 unspecified atom stereocenters. The van der Waals surface area contributed by atoms with E-state index in [4.69, 9.17) is 4.74 Å². The van der Waals surface area contributed by atoms with Crippen molar-refractivity contribution in [2.24, 2.45) is 5.41 Å². The van der Waals surface area contributed by atoms with Crippen molar-refractivity contribution in [3.8, 4) is 0 Å². The van der Waals surface area contributed by atoms with Gasteiger partial charge in [-0.15, -0.1) is 0 Å². The summed E-state index contributed by atoms with van der Waals surface area (Å²) in [4.78, 5) is 0.747. The van der Waals surface area contributed by atoms with Crippen molar-refractivity contribution in [1.29, 1.82) is 0 Å². The normalized spacial score (nSPS) is 44.8. The Labute approximate surface area is 102 Å². The Bertz CT molecular complexity index is 239. The number of ether oxygens (including phenoxy) is 1. The lowest BCUT2D eigenvalue weighted by Gasteiger charge is -2.28. The molecule has 1 nitrogen and oxygen atoms in total. The zero-order valence-electron chi connectivity index (χ0n) is 10.2. The highest BCUT2D eigenvalue weighted by molar-refractivity contribution is 9.09. The third-order valence-electron chi connectivity index (χ3n) is 4.05. The van der Waals surface area contributed by atoms with Gasteiger partial charge in [-0.1, -0.05) is 22.9 Å². The molecule has 0 spiro atoms. The van der Waals surface area contributed by atoms with E-state index in [-0.39, 0.29) is 5.60 Å². The van der Waals surface area contributed by atoms with Gasteiger partial charge >= 0.3 is 0 Å². The molecule has 88 valence electrons. The van der Waals surface area contributed by atoms with Crippen molar-refractivity contribution in [2.45, 2.75) is 75.8 Å². The smallest absolute Gasteiger partial charge is 0.0631 e. The molecule has 1 aliphatic heterocycles. The van der Waals surface area contributed by atoms with Crippen LogP contribution in [0.25, 0.3) is 0 Å². The monoisotopic (exact) mass is 274 g/mol. The van der Waals surface area contributed by atoms with Crippen LogP contribution in [0.1, 0.15) is 59.3 Å². The molecule has 1 heterocycles. The van der Waals surface area contributed by atoms with Gasteiger partial charge in [-0.05, 0) is 57.8 Å². The van der Waals surface area contributed by atoms with Gasteiger partial charge in [0.05, 0.1) is 11.7 Å². The van der Waals surface area contributed by atoms with Crippen molar-refractivity contribution < 1.29 is 4.74 Å². The number of alkyl halides is 1. The molecule has 1 aliphatic carbocycles. The Morgan fingerprint density at radius 1 is 1.20 bits per heavy atom. The summed E-state index contributed by atoms with van der Waals surface area (Å²) in [6.07, 6.45) is 8.30. The molecule has 0 aromatic rings. The van der Waals surface area contributed by atoms with E-state index in [1.807, 2.05) is 0 Å². The van der Waals surface area contributed by atoms with Crippen LogP contribution in [0.5, 0.6) is 0 Å². The first kappa shape index (κ1) is 11.9. The average Bonchev–Trinajstić information content (AvgIpc) is 2.56. The standard InChI is InChI=1S/C13H23BrO/c1-12(2)6-5-11(15-12)9-13(3)7-4-10(14)8-13/h10-11H,4-9H2,1-3H3. The second-order valence-electron chi connectivity index (χ2n) is 6.39. The minimum atomic E-state index is 0.132. The Morgan fingerprint density at radius 2 is 1.93 bits per heavy atom. The molecule has 0 aromatic heterocycles. The Kier molecular flexibility index (Phi) is 3.20. The Morgan fingerprint density at radius 3 is 2.40 bits per heavy atom. The molecule has 15 heavy (non-hydrogen) atoms. The van der Waals surface area contributed by atoms with Gasteiger partial charge in [0, 0.05) is 4.83 Å². The molecule has 3 atom stereocenters. The first-order valence-corrected chi connectivity index (χ1v) is 7.12. The van der Waals surface area contributed by atoms with Gasteiger partial charge in [0.2, 0.25) is 0 Å². The fourth-order valence-corrected chi connectivity index (χ4v) is 4.21. The molecule has 2 fully saturated rings. The van der Waals surface area contributed by atoms with Crippen molar-refractivity contribution in [1.82, 2.24) is 0 Å². The van der Waals surface area contributed by atoms with Crippen LogP contribution >= 0.6 is 15.9 Å². The van der Waals surface area contributed by atoms with Crippen LogP contribution in [0, 0.1) is 5.41 Å². The van der Waals surface area contributed by atoms with Gasteiger partial charge in [0.25, 0.3) is 0 Å². The first-order valence-electron chi connectivity index (χ1n) is 6.21. The first-order chi connectivity index (χ1) is 6.89. The lowest BCUT2D eigenvalue weighted by atomic mass is 9.82. The van der Waals surface area contributed by atoms with E-state index >= 15 is 0 Å². The van der Waals surface area contributed by atoms with Crippen LogP contribution in [-0.2, 0) is 4.74 Å². The third kappa shape index (κ3) is 2.97. The van der Waals surface area contributed by atoms with Crippen LogP contribution in [0.15, 0.2) is 0 Å². The number of rotatable bonds is 2. The fraction of sp³-hybridized carbons (Fsp3) is 1.00. The van der Waals surface area contributed by atoms with E-state index < -0.39 is 0 Å². The maximum absolute atomic E-state index is 6.10. The van der Waals surface area contributed by atoms with E-state index in [2.05, 4.69) is 36.7 Å². The van der Waals surface area contributed by atoms with E-state index in [9.17, 15) is 0 Å². The van der Waals surface area contributed by atoms with Crippen LogP contribution in [0.3, 0.4) is 0 Å². The lowest BCUT2D eigenvalue weighted by Crippen LogP contribution is -2.25. The van der Waals surface area contributed by atoms with E-state index in [0.29, 0.717) is 11.5 Å². The Hall–Kier alpha value is 0.440. The molecule has 1 saturated heterocycles. The van der Waals surface area contributed by atoms with Gasteiger partial charge in [0.15, 0.2) is 0 Å². The Balaban J connectivity index is 1.87. The van der Waals surface area contributed by atoms with Gasteiger partial charge in [-0.25, -0.2) is 0 Å². The summed E-state index contributed by atoms with van der Waals surface area (Å²) < 4.78 is 6.10. The van der Waals surface area contributed by atoms with Crippen molar-refractivity contribution >= 4 is 15.9 Å². The number of halogens is 1. The van der Waals surface area contributed by atoms with Gasteiger partial charge in [-0.2, -0.15) is 0 Å². The predicted octanol–water partition coefficient (Wildman–Crippen LogP) is 4.29. The molecule has 2 heteroatoms. The van der Waals surface area contributed by atoms with Crippen molar-refractivity contribution in [2.75, 3.05) is 0 Å². The molecule has 0 bridgehead atoms. The van der Waals surface area contributed by atoms with Crippen molar-refractivity contribution in [3.05, 3.63) is 0 Å². The summed E-state index contributed by atoms with van der Waals surface area (Å²) in [6.45, 7) is 6.87. The largest absolute Gasteiger partial charge is 0.372 e. The highest BCUT2D eigenvalue weighted by Gasteiger charge is 2.40. The maximum Gasteiger partial charge on any atom is 0.0631 e. The highest BCUT2D eigenvalue weighted by atomic mass is 79.9. The lowest BCUT2D eigenvalue weighted by molar-refractivity contribution is -0.0330. The molecule has 0 N–H and O–H groups in total. The van der Waals surface area contributed by atoms with Gasteiger partial charge in [-0.3, -0.25) is 0 Å². The predicted molar refractivity (Wildman–Crippen MR) is 67.5 cm³/mol.